The summed E-state index contributed by atoms with van der Waals surface area (Å²) >= 11 is 0. The van der Waals surface area contributed by atoms with E-state index in [1.165, 1.54) is 33.5 Å². The van der Waals surface area contributed by atoms with Crippen molar-refractivity contribution in [3.8, 4) is 11.1 Å². The van der Waals surface area contributed by atoms with Gasteiger partial charge in [0, 0.05) is 24.2 Å². The van der Waals surface area contributed by atoms with Crippen molar-refractivity contribution in [1.29, 1.82) is 0 Å². The third-order valence-corrected chi connectivity index (χ3v) is 5.05. The second kappa shape index (κ2) is 4.62. The maximum absolute atomic E-state index is 2.41. The van der Waals surface area contributed by atoms with Crippen molar-refractivity contribution in [3.63, 3.8) is 0 Å². The van der Waals surface area contributed by atoms with E-state index >= 15 is 0 Å². The first-order valence-electron chi connectivity index (χ1n) is 7.82. The molecule has 3 rings (SSSR count). The second-order valence-electron chi connectivity index (χ2n) is 7.06. The first-order valence-corrected chi connectivity index (χ1v) is 7.82. The molecule has 0 aliphatic heterocycles. The fourth-order valence-electron chi connectivity index (χ4n) is 3.50. The Morgan fingerprint density at radius 3 is 2.29 bits per heavy atom. The molecule has 0 N–H and O–H groups in total. The zero-order valence-electron chi connectivity index (χ0n) is 14.0. The van der Waals surface area contributed by atoms with E-state index < -0.39 is 0 Å². The average molecular weight is 279 g/mol. The Kier molecular flexibility index (Phi) is 3.12. The number of fused-ring (bicyclic) bond motifs is 3. The van der Waals surface area contributed by atoms with E-state index in [1.807, 2.05) is 0 Å². The van der Waals surface area contributed by atoms with E-state index in [9.17, 15) is 0 Å². The van der Waals surface area contributed by atoms with Gasteiger partial charge >= 0.3 is 0 Å². The van der Waals surface area contributed by atoms with Crippen LogP contribution in [0, 0.1) is 6.92 Å². The molecule has 0 amide bonds. The van der Waals surface area contributed by atoms with Crippen molar-refractivity contribution in [2.24, 2.45) is 0 Å². The molecule has 0 saturated heterocycles. The van der Waals surface area contributed by atoms with Crippen LogP contribution in [0.15, 0.2) is 36.4 Å². The summed E-state index contributed by atoms with van der Waals surface area (Å²) in [5.74, 6) is 0. The number of rotatable bonds is 2. The van der Waals surface area contributed by atoms with Gasteiger partial charge < -0.3 is 4.90 Å². The second-order valence-corrected chi connectivity index (χ2v) is 7.06. The number of anilines is 1. The summed E-state index contributed by atoms with van der Waals surface area (Å²) in [5, 5.41) is 0. The summed E-state index contributed by atoms with van der Waals surface area (Å²) in [6.07, 6.45) is 0. The molecule has 1 aliphatic rings. The summed E-state index contributed by atoms with van der Waals surface area (Å²) in [5.41, 5.74) is 8.52. The smallest absolute Gasteiger partial charge is 0.0399 e. The maximum Gasteiger partial charge on any atom is 0.0399 e. The van der Waals surface area contributed by atoms with Crippen molar-refractivity contribution >= 4 is 5.69 Å². The van der Waals surface area contributed by atoms with Crippen molar-refractivity contribution in [3.05, 3.63) is 53.1 Å². The highest BCUT2D eigenvalue weighted by atomic mass is 15.1. The predicted octanol–water partition coefficient (Wildman–Crippen LogP) is 5.15. The summed E-state index contributed by atoms with van der Waals surface area (Å²) < 4.78 is 0. The molecule has 0 fully saturated rings. The van der Waals surface area contributed by atoms with Gasteiger partial charge in [0.25, 0.3) is 0 Å². The minimum atomic E-state index is 0.0895. The third-order valence-electron chi connectivity index (χ3n) is 5.05. The van der Waals surface area contributed by atoms with Crippen LogP contribution < -0.4 is 4.90 Å². The van der Waals surface area contributed by atoms with Crippen molar-refractivity contribution < 1.29 is 0 Å². The molecule has 0 atom stereocenters. The van der Waals surface area contributed by atoms with Crippen LogP contribution in [-0.4, -0.2) is 13.1 Å². The van der Waals surface area contributed by atoms with Gasteiger partial charge in [0.15, 0.2) is 0 Å². The third kappa shape index (κ3) is 1.98. The highest BCUT2D eigenvalue weighted by Gasteiger charge is 2.35. The summed E-state index contributed by atoms with van der Waals surface area (Å²) in [6.45, 7) is 11.4. The number of hydrogen-bond donors (Lipinski definition) is 0. The molecule has 2 aromatic rings. The molecular formula is C20H25N. The molecule has 0 unspecified atom stereocenters. The Morgan fingerprint density at radius 1 is 0.952 bits per heavy atom. The summed E-state index contributed by atoms with van der Waals surface area (Å²) in [4.78, 5) is 2.37. The lowest BCUT2D eigenvalue weighted by atomic mass is 9.82. The molecule has 0 heterocycles. The molecule has 1 heteroatoms. The van der Waals surface area contributed by atoms with Gasteiger partial charge in [0.1, 0.15) is 0 Å². The first kappa shape index (κ1) is 14.2. The molecule has 110 valence electrons. The molecular weight excluding hydrogens is 254 g/mol. The molecule has 0 saturated carbocycles. The van der Waals surface area contributed by atoms with Gasteiger partial charge in [-0.05, 0) is 60.7 Å². The molecule has 0 radical (unpaired) electrons. The van der Waals surface area contributed by atoms with E-state index in [0.717, 1.165) is 0 Å². The zero-order valence-corrected chi connectivity index (χ0v) is 14.0. The lowest BCUT2D eigenvalue weighted by Gasteiger charge is -2.28. The van der Waals surface area contributed by atoms with Gasteiger partial charge in [-0.1, -0.05) is 38.1 Å². The van der Waals surface area contributed by atoms with Gasteiger partial charge in [-0.2, -0.15) is 0 Å². The van der Waals surface area contributed by atoms with Gasteiger partial charge in [-0.15, -0.1) is 0 Å². The average Bonchev–Trinajstić information content (AvgIpc) is 2.66. The van der Waals surface area contributed by atoms with Crippen LogP contribution in [0.4, 0.5) is 5.69 Å². The standard InChI is InChI=1S/C20H25N/c1-13(2)21(6)19-12-18-16(11-14(19)3)15-9-7-8-10-17(15)20(18,4)5/h7-13H,1-6H3. The van der Waals surface area contributed by atoms with Gasteiger partial charge in [0.2, 0.25) is 0 Å². The van der Waals surface area contributed by atoms with Crippen LogP contribution in [0.25, 0.3) is 11.1 Å². The fraction of sp³-hybridized carbons (Fsp3) is 0.400. The SMILES string of the molecule is Cc1cc2c(cc1N(C)C(C)C)C(C)(C)c1ccccc1-2. The van der Waals surface area contributed by atoms with Crippen LogP contribution in [0.2, 0.25) is 0 Å². The van der Waals surface area contributed by atoms with Crippen molar-refractivity contribution in [2.45, 2.75) is 46.1 Å². The fourth-order valence-corrected chi connectivity index (χ4v) is 3.50. The number of aryl methyl sites for hydroxylation is 1. The molecule has 0 spiro atoms. The van der Waals surface area contributed by atoms with Gasteiger partial charge in [0.05, 0.1) is 0 Å². The molecule has 21 heavy (non-hydrogen) atoms. The van der Waals surface area contributed by atoms with Gasteiger partial charge in [-0.3, -0.25) is 0 Å². The van der Waals surface area contributed by atoms with Crippen LogP contribution >= 0.6 is 0 Å². The molecule has 1 nitrogen and oxygen atoms in total. The zero-order chi connectivity index (χ0) is 15.4. The minimum absolute atomic E-state index is 0.0895. The lowest BCUT2D eigenvalue weighted by molar-refractivity contribution is 0.658. The molecule has 2 aromatic carbocycles. The Bertz CT molecular complexity index is 695. The quantitative estimate of drug-likeness (QED) is 0.735. The largest absolute Gasteiger partial charge is 0.372 e. The first-order chi connectivity index (χ1) is 9.84. The highest BCUT2D eigenvalue weighted by molar-refractivity contribution is 5.83. The number of benzene rings is 2. The van der Waals surface area contributed by atoms with Crippen molar-refractivity contribution in [2.75, 3.05) is 11.9 Å². The topological polar surface area (TPSA) is 3.24 Å². The minimum Gasteiger partial charge on any atom is -0.372 e. The Balaban J connectivity index is 2.24. The normalized spacial score (nSPS) is 15.0. The Labute approximate surface area is 128 Å². The Hall–Kier alpha value is -1.76. The monoisotopic (exact) mass is 279 g/mol. The highest BCUT2D eigenvalue weighted by Crippen LogP contribution is 2.50. The van der Waals surface area contributed by atoms with Crippen LogP contribution in [-0.2, 0) is 5.41 Å². The van der Waals surface area contributed by atoms with E-state index in [2.05, 4.69) is 83.0 Å². The van der Waals surface area contributed by atoms with E-state index in [1.54, 1.807) is 0 Å². The maximum atomic E-state index is 2.41. The number of nitrogens with zero attached hydrogens (tertiary/aromatic N) is 1. The Morgan fingerprint density at radius 2 is 1.62 bits per heavy atom. The van der Waals surface area contributed by atoms with E-state index in [-0.39, 0.29) is 5.41 Å². The molecule has 0 bridgehead atoms. The predicted molar refractivity (Wildman–Crippen MR) is 92.3 cm³/mol. The van der Waals surface area contributed by atoms with Crippen LogP contribution in [0.3, 0.4) is 0 Å². The molecule has 1 aliphatic carbocycles. The number of hydrogen-bond acceptors (Lipinski definition) is 1. The summed E-state index contributed by atoms with van der Waals surface area (Å²) in [6, 6.07) is 14.1. The lowest BCUT2D eigenvalue weighted by Crippen LogP contribution is -2.27. The van der Waals surface area contributed by atoms with Crippen molar-refractivity contribution in [1.82, 2.24) is 0 Å². The van der Waals surface area contributed by atoms with E-state index in [4.69, 9.17) is 0 Å². The molecule has 0 aromatic heterocycles. The van der Waals surface area contributed by atoms with E-state index in [0.29, 0.717) is 6.04 Å². The summed E-state index contributed by atoms with van der Waals surface area (Å²) in [7, 11) is 2.19. The van der Waals surface area contributed by atoms with Gasteiger partial charge in [-0.25, -0.2) is 0 Å². The van der Waals surface area contributed by atoms with Crippen LogP contribution in [0.5, 0.6) is 0 Å². The van der Waals surface area contributed by atoms with Crippen LogP contribution in [0.1, 0.15) is 44.4 Å².